The topological polar surface area (TPSA) is 80.3 Å². The van der Waals surface area contributed by atoms with Crippen molar-refractivity contribution >= 4 is 13.8 Å². The van der Waals surface area contributed by atoms with Gasteiger partial charge in [0.2, 0.25) is 0 Å². The minimum Gasteiger partial charge on any atom is -0.465 e. The van der Waals surface area contributed by atoms with Gasteiger partial charge < -0.3 is 9.47 Å². The molecule has 7 nitrogen and oxygen atoms in total. The highest BCUT2D eigenvalue weighted by atomic mass is 31.2. The molecule has 0 rings (SSSR count). The molecule has 0 radical (unpaired) electrons. The number of carbonyl (C=O) groups excluding carboxylic acids is 1. The molecule has 0 aliphatic heterocycles. The fourth-order valence-electron chi connectivity index (χ4n) is 0.810. The third-order valence-electron chi connectivity index (χ3n) is 1.41. The van der Waals surface area contributed by atoms with Crippen LogP contribution in [0.1, 0.15) is 13.8 Å². The highest BCUT2D eigenvalue weighted by Gasteiger charge is 2.34. The number of ether oxygens (including phenoxy) is 2. The quantitative estimate of drug-likeness (QED) is 0.368. The van der Waals surface area contributed by atoms with Crippen molar-refractivity contribution in [3.63, 3.8) is 0 Å². The Morgan fingerprint density at radius 3 is 2.00 bits per heavy atom. The summed E-state index contributed by atoms with van der Waals surface area (Å²) in [6, 6.07) is 0. The van der Waals surface area contributed by atoms with Gasteiger partial charge in [-0.2, -0.15) is 0 Å². The van der Waals surface area contributed by atoms with Crippen LogP contribution in [-0.2, 0) is 32.4 Å². The Balaban J connectivity index is 4.58. The normalized spacial score (nSPS) is 13.5. The van der Waals surface area contributed by atoms with E-state index in [0.29, 0.717) is 0 Å². The molecule has 8 heteroatoms. The second-order valence-corrected chi connectivity index (χ2v) is 4.10. The van der Waals surface area contributed by atoms with Crippen LogP contribution >= 0.6 is 7.82 Å². The Kier molecular flexibility index (Phi) is 7.53. The maximum Gasteiger partial charge on any atom is 0.477 e. The highest BCUT2D eigenvalue weighted by Crippen LogP contribution is 2.50. The minimum atomic E-state index is -3.78. The lowest BCUT2D eigenvalue weighted by molar-refractivity contribution is -0.173. The summed E-state index contributed by atoms with van der Waals surface area (Å²) in [5, 5.41) is 0. The van der Waals surface area contributed by atoms with Gasteiger partial charge in [-0.25, -0.2) is 13.9 Å². The van der Waals surface area contributed by atoms with E-state index in [2.05, 4.69) is 9.47 Å². The van der Waals surface area contributed by atoms with Gasteiger partial charge in [0.1, 0.15) is 0 Å². The maximum atomic E-state index is 11.8. The molecule has 0 aliphatic carbocycles. The number of phosphoric acid groups is 1. The summed E-state index contributed by atoms with van der Waals surface area (Å²) < 4.78 is 35.4. The molecule has 96 valence electrons. The summed E-state index contributed by atoms with van der Waals surface area (Å²) in [5.74, 6) is -0.817. The van der Waals surface area contributed by atoms with Crippen molar-refractivity contribution in [2.24, 2.45) is 0 Å². The average molecular weight is 256 g/mol. The zero-order chi connectivity index (χ0) is 12.6. The first-order chi connectivity index (χ1) is 7.52. The molecule has 0 N–H and O–H groups in total. The molecule has 0 bridgehead atoms. The largest absolute Gasteiger partial charge is 0.477 e. The van der Waals surface area contributed by atoms with E-state index in [0.717, 1.165) is 7.11 Å². The van der Waals surface area contributed by atoms with Gasteiger partial charge in [0.05, 0.1) is 20.3 Å². The first kappa shape index (κ1) is 15.5. The monoisotopic (exact) mass is 256 g/mol. The summed E-state index contributed by atoms with van der Waals surface area (Å²) in [7, 11) is -1.42. The SMILES string of the molecule is CCOP(=O)(OCC)OC(OC)C(=O)OC. The van der Waals surface area contributed by atoms with Gasteiger partial charge in [-0.15, -0.1) is 0 Å². The van der Waals surface area contributed by atoms with E-state index < -0.39 is 20.1 Å². The van der Waals surface area contributed by atoms with Gasteiger partial charge in [0.25, 0.3) is 6.29 Å². The van der Waals surface area contributed by atoms with E-state index in [1.54, 1.807) is 13.8 Å². The van der Waals surface area contributed by atoms with E-state index >= 15 is 0 Å². The molecule has 0 heterocycles. The lowest BCUT2D eigenvalue weighted by Gasteiger charge is -2.20. The Morgan fingerprint density at radius 1 is 1.19 bits per heavy atom. The summed E-state index contributed by atoms with van der Waals surface area (Å²) in [6.07, 6.45) is -1.44. The van der Waals surface area contributed by atoms with Crippen molar-refractivity contribution in [3.05, 3.63) is 0 Å². The standard InChI is InChI=1S/C8H17O7P/c1-5-13-16(10,14-6-2)15-8(12-4)7(9)11-3/h8H,5-6H2,1-4H3. The summed E-state index contributed by atoms with van der Waals surface area (Å²) in [5.41, 5.74) is 0. The fourth-order valence-corrected chi connectivity index (χ4v) is 2.05. The third-order valence-corrected chi connectivity index (χ3v) is 3.01. The number of hydrogen-bond acceptors (Lipinski definition) is 7. The number of phosphoric ester groups is 1. The molecule has 0 saturated carbocycles. The molecular formula is C8H17O7P. The predicted octanol–water partition coefficient (Wildman–Crippen LogP) is 1.33. The van der Waals surface area contributed by atoms with Gasteiger partial charge in [0.15, 0.2) is 0 Å². The zero-order valence-electron chi connectivity index (χ0n) is 9.80. The van der Waals surface area contributed by atoms with E-state index in [1.807, 2.05) is 0 Å². The Labute approximate surface area is 94.6 Å². The number of rotatable bonds is 8. The molecule has 0 aromatic rings. The van der Waals surface area contributed by atoms with Gasteiger partial charge in [-0.1, -0.05) is 0 Å². The van der Waals surface area contributed by atoms with Crippen molar-refractivity contribution in [2.75, 3.05) is 27.4 Å². The zero-order valence-corrected chi connectivity index (χ0v) is 10.7. The van der Waals surface area contributed by atoms with Crippen LogP contribution in [0.25, 0.3) is 0 Å². The molecule has 0 aliphatic rings. The second kappa shape index (κ2) is 7.76. The molecule has 0 fully saturated rings. The molecular weight excluding hydrogens is 239 g/mol. The maximum absolute atomic E-state index is 11.8. The number of methoxy groups -OCH3 is 2. The summed E-state index contributed by atoms with van der Waals surface area (Å²) >= 11 is 0. The molecule has 0 saturated heterocycles. The van der Waals surface area contributed by atoms with Gasteiger partial charge >= 0.3 is 13.8 Å². The second-order valence-electron chi connectivity index (χ2n) is 2.48. The van der Waals surface area contributed by atoms with Crippen LogP contribution in [0.3, 0.4) is 0 Å². The van der Waals surface area contributed by atoms with Crippen LogP contribution in [0.2, 0.25) is 0 Å². The molecule has 16 heavy (non-hydrogen) atoms. The van der Waals surface area contributed by atoms with Crippen molar-refractivity contribution in [1.82, 2.24) is 0 Å². The van der Waals surface area contributed by atoms with Gasteiger partial charge in [0, 0.05) is 7.11 Å². The lowest BCUT2D eigenvalue weighted by atomic mass is 10.7. The van der Waals surface area contributed by atoms with Crippen LogP contribution in [0.15, 0.2) is 0 Å². The van der Waals surface area contributed by atoms with Crippen molar-refractivity contribution < 1.29 is 32.4 Å². The number of carbonyl (C=O) groups is 1. The van der Waals surface area contributed by atoms with Crippen LogP contribution < -0.4 is 0 Å². The molecule has 1 atom stereocenters. The predicted molar refractivity (Wildman–Crippen MR) is 54.8 cm³/mol. The summed E-state index contributed by atoms with van der Waals surface area (Å²) in [4.78, 5) is 11.1. The van der Waals surface area contributed by atoms with Crippen LogP contribution in [0.4, 0.5) is 0 Å². The fraction of sp³-hybridized carbons (Fsp3) is 0.875. The van der Waals surface area contributed by atoms with Crippen LogP contribution in [0.5, 0.6) is 0 Å². The smallest absolute Gasteiger partial charge is 0.465 e. The Bertz CT molecular complexity index is 245. The van der Waals surface area contributed by atoms with Crippen LogP contribution in [0, 0.1) is 0 Å². The van der Waals surface area contributed by atoms with E-state index in [-0.39, 0.29) is 13.2 Å². The first-order valence-electron chi connectivity index (χ1n) is 4.71. The third kappa shape index (κ3) is 5.05. The Morgan fingerprint density at radius 2 is 1.69 bits per heavy atom. The molecule has 1 unspecified atom stereocenters. The van der Waals surface area contributed by atoms with E-state index in [1.165, 1.54) is 7.11 Å². The van der Waals surface area contributed by atoms with E-state index in [4.69, 9.17) is 13.6 Å². The molecule has 0 spiro atoms. The first-order valence-corrected chi connectivity index (χ1v) is 6.17. The number of esters is 1. The molecule has 0 amide bonds. The van der Waals surface area contributed by atoms with Gasteiger partial charge in [-0.3, -0.25) is 9.05 Å². The Hall–Kier alpha value is -0.460. The minimum absolute atomic E-state index is 0.120. The van der Waals surface area contributed by atoms with Crippen LogP contribution in [-0.4, -0.2) is 39.7 Å². The number of hydrogen-bond donors (Lipinski definition) is 0. The highest BCUT2D eigenvalue weighted by molar-refractivity contribution is 7.48. The summed E-state index contributed by atoms with van der Waals surface area (Å²) in [6.45, 7) is 3.48. The van der Waals surface area contributed by atoms with Gasteiger partial charge in [-0.05, 0) is 13.8 Å². The average Bonchev–Trinajstić information content (AvgIpc) is 2.25. The molecule has 0 aromatic heterocycles. The van der Waals surface area contributed by atoms with E-state index in [9.17, 15) is 9.36 Å². The van der Waals surface area contributed by atoms with Crippen molar-refractivity contribution in [3.8, 4) is 0 Å². The lowest BCUT2D eigenvalue weighted by Crippen LogP contribution is -2.27. The van der Waals surface area contributed by atoms with Crippen molar-refractivity contribution in [1.29, 1.82) is 0 Å². The van der Waals surface area contributed by atoms with Crippen molar-refractivity contribution in [2.45, 2.75) is 20.1 Å². The molecule has 0 aromatic carbocycles.